The van der Waals surface area contributed by atoms with Gasteiger partial charge >= 0.3 is 6.09 Å². The van der Waals surface area contributed by atoms with Gasteiger partial charge in [0.05, 0.1) is 19.3 Å². The Bertz CT molecular complexity index is 1370. The molecule has 0 unspecified atom stereocenters. The van der Waals surface area contributed by atoms with E-state index in [9.17, 15) is 9.90 Å². The number of rotatable bonds is 5. The van der Waals surface area contributed by atoms with Crippen molar-refractivity contribution in [3.63, 3.8) is 0 Å². The number of fused-ring (bicyclic) bond motifs is 1. The zero-order chi connectivity index (χ0) is 27.7. The van der Waals surface area contributed by atoms with Crippen LogP contribution in [0.4, 0.5) is 10.6 Å². The molecule has 3 aromatic rings. The molecule has 4 heterocycles. The lowest BCUT2D eigenvalue weighted by Gasteiger charge is -2.34. The summed E-state index contributed by atoms with van der Waals surface area (Å²) < 4.78 is 24.2. The number of carbonyl (C=O) groups excluding carboxylic acids is 1. The van der Waals surface area contributed by atoms with Crippen LogP contribution in [-0.4, -0.2) is 84.6 Å². The minimum absolute atomic E-state index is 0.0902. The monoisotopic (exact) mass is 527 g/mol. The molecule has 0 spiro atoms. The van der Waals surface area contributed by atoms with Gasteiger partial charge in [-0.1, -0.05) is 5.92 Å². The van der Waals surface area contributed by atoms with E-state index in [-0.39, 0.29) is 24.2 Å². The fourth-order valence-corrected chi connectivity index (χ4v) is 3.86. The molecule has 204 valence electrons. The Morgan fingerprint density at radius 2 is 2.05 bits per heavy atom. The first-order chi connectivity index (χ1) is 17.9. The van der Waals surface area contributed by atoms with Crippen molar-refractivity contribution in [1.29, 1.82) is 0 Å². The van der Waals surface area contributed by atoms with Crippen LogP contribution in [0.2, 0.25) is 0 Å². The highest BCUT2D eigenvalue weighted by molar-refractivity contribution is 5.89. The minimum atomic E-state index is -1.22. The molecule has 1 amide bonds. The summed E-state index contributed by atoms with van der Waals surface area (Å²) in [7, 11) is 0. The molecule has 0 aromatic carbocycles. The third-order valence-electron chi connectivity index (χ3n) is 5.48. The molecule has 13 heteroatoms. The predicted molar refractivity (Wildman–Crippen MR) is 137 cm³/mol. The zero-order valence-corrected chi connectivity index (χ0v) is 22.4. The number of carbonyl (C=O) groups is 1. The lowest BCUT2D eigenvalue weighted by molar-refractivity contribution is -0.0556. The minimum Gasteiger partial charge on any atom is -0.487 e. The number of anilines is 1. The normalized spacial score (nSPS) is 16.3. The molecular weight excluding hydrogens is 494 g/mol. The summed E-state index contributed by atoms with van der Waals surface area (Å²) in [4.78, 5) is 23.3. The Morgan fingerprint density at radius 3 is 2.68 bits per heavy atom. The van der Waals surface area contributed by atoms with E-state index >= 15 is 0 Å². The zero-order valence-electron chi connectivity index (χ0n) is 22.4. The molecule has 1 saturated heterocycles. The number of hydrogen-bond acceptors (Lipinski definition) is 11. The number of aryl methyl sites for hydroxylation is 1. The Kier molecular flexibility index (Phi) is 7.48. The second kappa shape index (κ2) is 10.5. The Hall–Kier alpha value is -3.89. The van der Waals surface area contributed by atoms with E-state index in [1.54, 1.807) is 24.9 Å². The molecule has 1 aliphatic heterocycles. The topological polar surface area (TPSA) is 164 Å². The molecule has 0 bridgehead atoms. The van der Waals surface area contributed by atoms with E-state index in [4.69, 9.17) is 29.6 Å². The fourth-order valence-electron chi connectivity index (χ4n) is 3.86. The number of ether oxygens (including phenoxy) is 3. The van der Waals surface area contributed by atoms with Gasteiger partial charge < -0.3 is 34.5 Å². The molecule has 1 aliphatic rings. The number of morpholine rings is 1. The summed E-state index contributed by atoms with van der Waals surface area (Å²) in [5.74, 6) is 6.61. The van der Waals surface area contributed by atoms with E-state index in [0.29, 0.717) is 54.5 Å². The van der Waals surface area contributed by atoms with Crippen LogP contribution in [0, 0.1) is 11.8 Å². The molecule has 4 rings (SSSR count). The van der Waals surface area contributed by atoms with Gasteiger partial charge in [0.25, 0.3) is 0 Å². The molecule has 38 heavy (non-hydrogen) atoms. The van der Waals surface area contributed by atoms with Gasteiger partial charge in [0, 0.05) is 13.1 Å². The van der Waals surface area contributed by atoms with E-state index in [2.05, 4.69) is 27.1 Å². The van der Waals surface area contributed by atoms with Crippen LogP contribution in [0.3, 0.4) is 0 Å². The van der Waals surface area contributed by atoms with Gasteiger partial charge in [-0.25, -0.2) is 19.4 Å². The molecule has 1 fully saturated rings. The van der Waals surface area contributed by atoms with Crippen molar-refractivity contribution in [2.75, 3.05) is 32.0 Å². The maximum absolute atomic E-state index is 12.5. The first kappa shape index (κ1) is 27.2. The number of pyridine rings is 1. The summed E-state index contributed by atoms with van der Waals surface area (Å²) in [6, 6.07) is 0. The number of aliphatic hydroxyl groups is 1. The van der Waals surface area contributed by atoms with Gasteiger partial charge in [0.2, 0.25) is 0 Å². The molecule has 0 aliphatic carbocycles. The number of nitrogens with zero attached hydrogens (tertiary/aromatic N) is 6. The number of nitrogen functional groups attached to an aromatic ring is 1. The van der Waals surface area contributed by atoms with Crippen molar-refractivity contribution in [2.45, 2.75) is 65.4 Å². The van der Waals surface area contributed by atoms with Crippen LogP contribution < -0.4 is 10.5 Å². The molecule has 3 aromatic heterocycles. The van der Waals surface area contributed by atoms with Crippen molar-refractivity contribution >= 4 is 22.9 Å². The molecule has 1 atom stereocenters. The number of hydrogen-bond donors (Lipinski definition) is 2. The Balaban J connectivity index is 1.66. The number of aromatic nitrogens is 5. The van der Waals surface area contributed by atoms with Crippen LogP contribution in [0.5, 0.6) is 5.75 Å². The lowest BCUT2D eigenvalue weighted by Crippen LogP contribution is -2.49. The smallest absolute Gasteiger partial charge is 0.410 e. The standard InChI is InChI=1S/C25H33N7O6/c1-7-32-20-17(36-14-15-13-31(10-11-35-15)23(33)37-24(2,3)4)12-27-16(8-9-25(5,6)34)18(20)28-22(32)19-21(26)30-38-29-19/h12,15,34H,7,10-11,13-14H2,1-6H3,(H2,26,30)/t15-/m0/s1. The molecule has 3 N–H and O–H groups in total. The van der Waals surface area contributed by atoms with Gasteiger partial charge in [-0.15, -0.1) is 0 Å². The van der Waals surface area contributed by atoms with Crippen LogP contribution in [0.1, 0.15) is 47.2 Å². The highest BCUT2D eigenvalue weighted by Gasteiger charge is 2.29. The summed E-state index contributed by atoms with van der Waals surface area (Å²) in [6.07, 6.45) is 0.777. The fraction of sp³-hybridized carbons (Fsp3) is 0.560. The third kappa shape index (κ3) is 6.15. The lowest BCUT2D eigenvalue weighted by atomic mass is 10.1. The number of amides is 1. The Morgan fingerprint density at radius 1 is 1.29 bits per heavy atom. The molecule has 0 radical (unpaired) electrons. The van der Waals surface area contributed by atoms with Crippen LogP contribution >= 0.6 is 0 Å². The summed E-state index contributed by atoms with van der Waals surface area (Å²) in [6.45, 7) is 12.3. The van der Waals surface area contributed by atoms with Gasteiger partial charge in [-0.2, -0.15) is 0 Å². The Labute approximate surface area is 220 Å². The van der Waals surface area contributed by atoms with Gasteiger partial charge in [0.15, 0.2) is 23.1 Å². The number of imidazole rings is 1. The summed E-state index contributed by atoms with van der Waals surface area (Å²) in [5.41, 5.74) is 5.82. The molecule has 0 saturated carbocycles. The van der Waals surface area contributed by atoms with Gasteiger partial charge in [-0.3, -0.25) is 0 Å². The largest absolute Gasteiger partial charge is 0.487 e. The third-order valence-corrected chi connectivity index (χ3v) is 5.48. The molecule has 13 nitrogen and oxygen atoms in total. The van der Waals surface area contributed by atoms with Crippen molar-refractivity contribution in [2.24, 2.45) is 0 Å². The second-order valence-electron chi connectivity index (χ2n) is 10.4. The first-order valence-electron chi connectivity index (χ1n) is 12.3. The quantitative estimate of drug-likeness (QED) is 0.468. The predicted octanol–water partition coefficient (Wildman–Crippen LogP) is 2.22. The van der Waals surface area contributed by atoms with Crippen LogP contribution in [-0.2, 0) is 16.0 Å². The number of nitrogens with two attached hydrogens (primary N) is 1. The van der Waals surface area contributed by atoms with Crippen molar-refractivity contribution in [3.05, 3.63) is 11.9 Å². The first-order valence-corrected chi connectivity index (χ1v) is 12.3. The average Bonchev–Trinajstić information content (AvgIpc) is 3.43. The highest BCUT2D eigenvalue weighted by atomic mass is 16.6. The van der Waals surface area contributed by atoms with E-state index in [0.717, 1.165) is 0 Å². The van der Waals surface area contributed by atoms with E-state index < -0.39 is 17.3 Å². The second-order valence-corrected chi connectivity index (χ2v) is 10.4. The average molecular weight is 528 g/mol. The maximum atomic E-state index is 12.5. The van der Waals surface area contributed by atoms with Crippen molar-refractivity contribution in [3.8, 4) is 29.1 Å². The van der Waals surface area contributed by atoms with Crippen molar-refractivity contribution in [1.82, 2.24) is 29.7 Å². The molecular formula is C25H33N7O6. The maximum Gasteiger partial charge on any atom is 0.410 e. The summed E-state index contributed by atoms with van der Waals surface area (Å²) in [5, 5.41) is 17.7. The van der Waals surface area contributed by atoms with Crippen molar-refractivity contribution < 1.29 is 28.7 Å². The SMILES string of the molecule is CCn1c(-c2nonc2N)nc2c(C#CC(C)(C)O)ncc(OC[C@@H]3CN(C(=O)OC(C)(C)C)CCO3)c21. The van der Waals surface area contributed by atoms with Gasteiger partial charge in [0.1, 0.15) is 40.6 Å². The highest BCUT2D eigenvalue weighted by Crippen LogP contribution is 2.33. The van der Waals surface area contributed by atoms with E-state index in [1.165, 1.54) is 0 Å². The van der Waals surface area contributed by atoms with Crippen LogP contribution in [0.15, 0.2) is 10.8 Å². The summed E-state index contributed by atoms with van der Waals surface area (Å²) >= 11 is 0. The van der Waals surface area contributed by atoms with Gasteiger partial charge in [-0.05, 0) is 57.8 Å². The van der Waals surface area contributed by atoms with Crippen LogP contribution in [0.25, 0.3) is 22.6 Å². The van der Waals surface area contributed by atoms with E-state index in [1.807, 2.05) is 32.3 Å².